The quantitative estimate of drug-likeness (QED) is 0.787. The van der Waals surface area contributed by atoms with Crippen LogP contribution in [0.3, 0.4) is 0 Å². The molecule has 1 aromatic carbocycles. The highest BCUT2D eigenvalue weighted by Gasteiger charge is 2.05. The van der Waals surface area contributed by atoms with Crippen molar-refractivity contribution >= 4 is 11.3 Å². The Hall–Kier alpha value is -1.35. The van der Waals surface area contributed by atoms with Gasteiger partial charge in [0.25, 0.3) is 0 Å². The molecule has 0 aliphatic heterocycles. The second-order valence-electron chi connectivity index (χ2n) is 3.45. The summed E-state index contributed by atoms with van der Waals surface area (Å²) in [4.78, 5) is 4.40. The SMILES string of the molecule is CC(C)Oc1csc(-c2cc[c]cc2)n1. The van der Waals surface area contributed by atoms with E-state index in [2.05, 4.69) is 11.1 Å². The van der Waals surface area contributed by atoms with E-state index in [9.17, 15) is 0 Å². The number of thiazole rings is 1. The third-order valence-electron chi connectivity index (χ3n) is 1.80. The zero-order chi connectivity index (χ0) is 10.7. The summed E-state index contributed by atoms with van der Waals surface area (Å²) in [5, 5.41) is 2.92. The summed E-state index contributed by atoms with van der Waals surface area (Å²) in [6.07, 6.45) is 0.170. The van der Waals surface area contributed by atoms with E-state index in [1.54, 1.807) is 11.3 Å². The Morgan fingerprint density at radius 3 is 2.73 bits per heavy atom. The lowest BCUT2D eigenvalue weighted by molar-refractivity contribution is 0.234. The smallest absolute Gasteiger partial charge is 0.225 e. The van der Waals surface area contributed by atoms with Crippen LogP contribution in [0.4, 0.5) is 0 Å². The van der Waals surface area contributed by atoms with Gasteiger partial charge in [0, 0.05) is 5.56 Å². The Balaban J connectivity index is 2.21. The number of rotatable bonds is 3. The molecule has 0 saturated heterocycles. The van der Waals surface area contributed by atoms with Gasteiger partial charge in [-0.2, -0.15) is 0 Å². The minimum atomic E-state index is 0.170. The molecule has 0 fully saturated rings. The number of ether oxygens (including phenoxy) is 1. The Morgan fingerprint density at radius 2 is 2.07 bits per heavy atom. The summed E-state index contributed by atoms with van der Waals surface area (Å²) < 4.78 is 5.51. The lowest BCUT2D eigenvalue weighted by Crippen LogP contribution is -2.05. The Morgan fingerprint density at radius 1 is 1.33 bits per heavy atom. The largest absolute Gasteiger partial charge is 0.474 e. The molecule has 0 unspecified atom stereocenters. The second kappa shape index (κ2) is 4.45. The first-order valence-electron chi connectivity index (χ1n) is 4.84. The first-order chi connectivity index (χ1) is 7.25. The van der Waals surface area contributed by atoms with Crippen LogP contribution in [0.1, 0.15) is 13.8 Å². The van der Waals surface area contributed by atoms with Crippen LogP contribution in [-0.2, 0) is 0 Å². The minimum Gasteiger partial charge on any atom is -0.474 e. The molecular weight excluding hydrogens is 206 g/mol. The van der Waals surface area contributed by atoms with Crippen molar-refractivity contribution in [3.05, 3.63) is 35.7 Å². The van der Waals surface area contributed by atoms with Gasteiger partial charge < -0.3 is 4.74 Å². The standard InChI is InChI=1S/C12H12NOS/c1-9(2)14-11-8-15-12(13-11)10-6-4-3-5-7-10/h4-9H,1-2H3. The van der Waals surface area contributed by atoms with Gasteiger partial charge in [0.1, 0.15) is 5.01 Å². The van der Waals surface area contributed by atoms with Crippen LogP contribution in [0.15, 0.2) is 29.6 Å². The fourth-order valence-corrected chi connectivity index (χ4v) is 1.95. The summed E-state index contributed by atoms with van der Waals surface area (Å²) in [6, 6.07) is 10.8. The van der Waals surface area contributed by atoms with E-state index in [1.165, 1.54) is 0 Å². The molecule has 3 heteroatoms. The fourth-order valence-electron chi connectivity index (χ4n) is 1.22. The molecule has 0 aliphatic rings. The third-order valence-corrected chi connectivity index (χ3v) is 2.67. The summed E-state index contributed by atoms with van der Waals surface area (Å²) >= 11 is 1.59. The summed E-state index contributed by atoms with van der Waals surface area (Å²) in [5.74, 6) is 0.706. The lowest BCUT2D eigenvalue weighted by Gasteiger charge is -2.04. The first-order valence-corrected chi connectivity index (χ1v) is 5.72. The number of nitrogens with zero attached hydrogens (tertiary/aromatic N) is 1. The highest BCUT2D eigenvalue weighted by molar-refractivity contribution is 7.13. The average Bonchev–Trinajstić information content (AvgIpc) is 2.67. The van der Waals surface area contributed by atoms with Crippen molar-refractivity contribution in [3.63, 3.8) is 0 Å². The number of hydrogen-bond acceptors (Lipinski definition) is 3. The highest BCUT2D eigenvalue weighted by Crippen LogP contribution is 2.26. The van der Waals surface area contributed by atoms with Gasteiger partial charge >= 0.3 is 0 Å². The predicted molar refractivity (Wildman–Crippen MR) is 62.2 cm³/mol. The zero-order valence-corrected chi connectivity index (χ0v) is 9.54. The van der Waals surface area contributed by atoms with E-state index in [0.717, 1.165) is 10.6 Å². The van der Waals surface area contributed by atoms with Crippen LogP contribution in [0.5, 0.6) is 5.88 Å². The van der Waals surface area contributed by atoms with Crippen LogP contribution < -0.4 is 4.74 Å². The van der Waals surface area contributed by atoms with Crippen LogP contribution in [0.2, 0.25) is 0 Å². The molecule has 0 bridgehead atoms. The van der Waals surface area contributed by atoms with Gasteiger partial charge in [0.2, 0.25) is 5.88 Å². The maximum absolute atomic E-state index is 5.51. The van der Waals surface area contributed by atoms with E-state index in [4.69, 9.17) is 4.74 Å². The zero-order valence-electron chi connectivity index (χ0n) is 8.73. The highest BCUT2D eigenvalue weighted by atomic mass is 32.1. The van der Waals surface area contributed by atoms with Gasteiger partial charge in [-0.15, -0.1) is 11.3 Å². The van der Waals surface area contributed by atoms with Crippen molar-refractivity contribution in [2.45, 2.75) is 20.0 Å². The first kappa shape index (κ1) is 10.2. The van der Waals surface area contributed by atoms with Crippen LogP contribution in [0, 0.1) is 6.07 Å². The van der Waals surface area contributed by atoms with E-state index < -0.39 is 0 Å². The van der Waals surface area contributed by atoms with Crippen LogP contribution in [-0.4, -0.2) is 11.1 Å². The van der Waals surface area contributed by atoms with Crippen molar-refractivity contribution in [2.75, 3.05) is 0 Å². The van der Waals surface area contributed by atoms with Crippen molar-refractivity contribution in [2.24, 2.45) is 0 Å². The third kappa shape index (κ3) is 2.57. The van der Waals surface area contributed by atoms with Gasteiger partial charge in [-0.1, -0.05) is 24.3 Å². The summed E-state index contributed by atoms with van der Waals surface area (Å²) in [6.45, 7) is 3.99. The molecule has 1 radical (unpaired) electrons. The monoisotopic (exact) mass is 218 g/mol. The van der Waals surface area contributed by atoms with Crippen molar-refractivity contribution in [1.82, 2.24) is 4.98 Å². The van der Waals surface area contributed by atoms with E-state index in [-0.39, 0.29) is 6.10 Å². The lowest BCUT2D eigenvalue weighted by atomic mass is 10.2. The van der Waals surface area contributed by atoms with Gasteiger partial charge in [-0.25, -0.2) is 4.98 Å². The molecule has 0 spiro atoms. The molecule has 0 aliphatic carbocycles. The Kier molecular flexibility index (Phi) is 3.02. The fraction of sp³-hybridized carbons (Fsp3) is 0.250. The van der Waals surface area contributed by atoms with E-state index in [0.29, 0.717) is 5.88 Å². The Labute approximate surface area is 93.6 Å². The second-order valence-corrected chi connectivity index (χ2v) is 4.30. The Bertz CT molecular complexity index is 422. The van der Waals surface area contributed by atoms with Crippen LogP contribution >= 0.6 is 11.3 Å². The van der Waals surface area contributed by atoms with Gasteiger partial charge in [0.05, 0.1) is 11.5 Å². The van der Waals surface area contributed by atoms with E-state index in [1.807, 2.05) is 43.5 Å². The number of aromatic nitrogens is 1. The normalized spacial score (nSPS) is 10.6. The van der Waals surface area contributed by atoms with Gasteiger partial charge in [-0.3, -0.25) is 0 Å². The molecule has 0 amide bonds. The number of hydrogen-bond donors (Lipinski definition) is 0. The number of benzene rings is 1. The minimum absolute atomic E-state index is 0.170. The summed E-state index contributed by atoms with van der Waals surface area (Å²) in [5.41, 5.74) is 1.11. The molecule has 2 rings (SSSR count). The molecule has 2 nitrogen and oxygen atoms in total. The van der Waals surface area contributed by atoms with Gasteiger partial charge in [-0.05, 0) is 19.9 Å². The molecule has 15 heavy (non-hydrogen) atoms. The maximum atomic E-state index is 5.51. The predicted octanol–water partition coefficient (Wildman–Crippen LogP) is 3.40. The summed E-state index contributed by atoms with van der Waals surface area (Å²) in [7, 11) is 0. The van der Waals surface area contributed by atoms with Crippen molar-refractivity contribution in [3.8, 4) is 16.5 Å². The van der Waals surface area contributed by atoms with Crippen molar-refractivity contribution in [1.29, 1.82) is 0 Å². The van der Waals surface area contributed by atoms with Crippen molar-refractivity contribution < 1.29 is 4.74 Å². The van der Waals surface area contributed by atoms with Crippen LogP contribution in [0.25, 0.3) is 10.6 Å². The molecule has 1 aromatic heterocycles. The molecule has 0 atom stereocenters. The molecular formula is C12H12NOS. The molecule has 1 heterocycles. The molecule has 0 saturated carbocycles. The molecule has 0 N–H and O–H groups in total. The molecule has 77 valence electrons. The topological polar surface area (TPSA) is 22.1 Å². The van der Waals surface area contributed by atoms with E-state index >= 15 is 0 Å². The average molecular weight is 218 g/mol. The molecule has 2 aromatic rings. The van der Waals surface area contributed by atoms with Gasteiger partial charge in [0.15, 0.2) is 0 Å². The maximum Gasteiger partial charge on any atom is 0.225 e.